The molecule has 84 valence electrons. The Kier molecular flexibility index (Phi) is 2.56. The van der Waals surface area contributed by atoms with Crippen LogP contribution in [0.2, 0.25) is 0 Å². The predicted octanol–water partition coefficient (Wildman–Crippen LogP) is 2.28. The number of hydrogen-bond acceptors (Lipinski definition) is 2. The Balaban J connectivity index is 2.51. The number of benzene rings is 1. The maximum atomic E-state index is 10.5. The van der Waals surface area contributed by atoms with Gasteiger partial charge in [-0.3, -0.25) is 0 Å². The number of nitrogens with one attached hydrogen (secondary N) is 1. The van der Waals surface area contributed by atoms with E-state index < -0.39 is 5.60 Å². The summed E-state index contributed by atoms with van der Waals surface area (Å²) < 4.78 is 0. The highest BCUT2D eigenvalue weighted by Crippen LogP contribution is 2.27. The lowest BCUT2D eigenvalue weighted by molar-refractivity contribution is 0.0930. The van der Waals surface area contributed by atoms with Crippen LogP contribution in [0.3, 0.4) is 0 Å². The lowest BCUT2D eigenvalue weighted by Gasteiger charge is -2.22. The fourth-order valence-corrected chi connectivity index (χ4v) is 1.92. The van der Waals surface area contributed by atoms with Crippen molar-refractivity contribution in [1.29, 1.82) is 0 Å². The van der Waals surface area contributed by atoms with E-state index in [1.54, 1.807) is 19.3 Å². The first-order valence-electron chi connectivity index (χ1n) is 5.31. The maximum Gasteiger partial charge on any atom is 0.144 e. The van der Waals surface area contributed by atoms with Gasteiger partial charge in [-0.25, -0.2) is 4.98 Å². The normalized spacial score (nSPS) is 14.8. The zero-order valence-electron chi connectivity index (χ0n) is 9.78. The van der Waals surface area contributed by atoms with Crippen LogP contribution in [0.4, 0.5) is 0 Å². The molecule has 0 amide bonds. The van der Waals surface area contributed by atoms with Crippen LogP contribution in [0.25, 0.3) is 0 Å². The Hall–Kier alpha value is -1.61. The van der Waals surface area contributed by atoms with Gasteiger partial charge in [-0.2, -0.15) is 0 Å². The van der Waals surface area contributed by atoms with E-state index in [0.717, 1.165) is 16.7 Å². The summed E-state index contributed by atoms with van der Waals surface area (Å²) in [6, 6.07) is 6.05. The van der Waals surface area contributed by atoms with Gasteiger partial charge in [0, 0.05) is 12.4 Å². The number of aromatic amines is 1. The molecule has 0 fully saturated rings. The van der Waals surface area contributed by atoms with Crippen LogP contribution in [0.1, 0.15) is 29.4 Å². The van der Waals surface area contributed by atoms with Crippen LogP contribution in [0.5, 0.6) is 0 Å². The lowest BCUT2D eigenvalue weighted by atomic mass is 9.92. The summed E-state index contributed by atoms with van der Waals surface area (Å²) in [4.78, 5) is 7.07. The molecule has 0 aliphatic heterocycles. The molecular weight excluding hydrogens is 200 g/mol. The Morgan fingerprint density at radius 3 is 2.31 bits per heavy atom. The summed E-state index contributed by atoms with van der Waals surface area (Å²) in [5.74, 6) is 0.567. The fourth-order valence-electron chi connectivity index (χ4n) is 1.92. The zero-order valence-corrected chi connectivity index (χ0v) is 9.78. The highest BCUT2D eigenvalue weighted by atomic mass is 16.3. The van der Waals surface area contributed by atoms with E-state index in [1.807, 2.05) is 26.0 Å². The fraction of sp³-hybridized carbons (Fsp3) is 0.308. The summed E-state index contributed by atoms with van der Waals surface area (Å²) in [5.41, 5.74) is 2.07. The van der Waals surface area contributed by atoms with E-state index in [1.165, 1.54) is 0 Å². The molecule has 1 aromatic heterocycles. The average Bonchev–Trinajstić information content (AvgIpc) is 2.69. The molecule has 3 heteroatoms. The Morgan fingerprint density at radius 1 is 1.19 bits per heavy atom. The highest BCUT2D eigenvalue weighted by Gasteiger charge is 2.28. The number of aryl methyl sites for hydroxylation is 2. The van der Waals surface area contributed by atoms with Crippen molar-refractivity contribution in [3.8, 4) is 0 Å². The molecule has 1 unspecified atom stereocenters. The van der Waals surface area contributed by atoms with Gasteiger partial charge in [0.05, 0.1) is 0 Å². The van der Waals surface area contributed by atoms with Crippen molar-refractivity contribution < 1.29 is 5.11 Å². The first-order valence-corrected chi connectivity index (χ1v) is 5.31. The van der Waals surface area contributed by atoms with Gasteiger partial charge in [-0.15, -0.1) is 0 Å². The molecule has 0 saturated carbocycles. The van der Waals surface area contributed by atoms with Gasteiger partial charge in [0.15, 0.2) is 0 Å². The minimum absolute atomic E-state index is 0.567. The number of aliphatic hydroxyl groups is 1. The third-order valence-corrected chi connectivity index (χ3v) is 2.74. The van der Waals surface area contributed by atoms with Crippen LogP contribution in [0, 0.1) is 13.8 Å². The van der Waals surface area contributed by atoms with Gasteiger partial charge in [0.25, 0.3) is 0 Å². The summed E-state index contributed by atoms with van der Waals surface area (Å²) in [7, 11) is 0. The van der Waals surface area contributed by atoms with Crippen LogP contribution in [0.15, 0.2) is 30.6 Å². The Labute approximate surface area is 95.2 Å². The molecule has 2 N–H and O–H groups in total. The van der Waals surface area contributed by atoms with Gasteiger partial charge >= 0.3 is 0 Å². The van der Waals surface area contributed by atoms with Crippen molar-refractivity contribution in [3.63, 3.8) is 0 Å². The Morgan fingerprint density at radius 2 is 1.81 bits per heavy atom. The van der Waals surface area contributed by atoms with Gasteiger partial charge in [-0.1, -0.05) is 29.3 Å². The standard InChI is InChI=1S/C13H16N2O/c1-9-6-10(2)8-11(7-9)13(3,16)12-14-4-5-15-12/h4-8,16H,1-3H3,(H,14,15). The first kappa shape index (κ1) is 10.9. The molecule has 0 aliphatic carbocycles. The topological polar surface area (TPSA) is 48.9 Å². The lowest BCUT2D eigenvalue weighted by Crippen LogP contribution is -2.24. The number of hydrogen-bond donors (Lipinski definition) is 2. The summed E-state index contributed by atoms with van der Waals surface area (Å²) in [5, 5.41) is 10.5. The predicted molar refractivity (Wildman–Crippen MR) is 63.2 cm³/mol. The van der Waals surface area contributed by atoms with E-state index in [-0.39, 0.29) is 0 Å². The van der Waals surface area contributed by atoms with Gasteiger partial charge in [-0.05, 0) is 26.3 Å². The number of rotatable bonds is 2. The first-order chi connectivity index (χ1) is 7.50. The molecule has 2 aromatic rings. The summed E-state index contributed by atoms with van der Waals surface area (Å²) in [6.07, 6.45) is 3.36. The zero-order chi connectivity index (χ0) is 11.8. The molecule has 2 rings (SSSR count). The van der Waals surface area contributed by atoms with Gasteiger partial charge in [0.2, 0.25) is 0 Å². The van der Waals surface area contributed by atoms with E-state index in [9.17, 15) is 5.11 Å². The average molecular weight is 216 g/mol. The molecule has 3 nitrogen and oxygen atoms in total. The minimum Gasteiger partial charge on any atom is -0.377 e. The number of imidazole rings is 1. The minimum atomic E-state index is -1.07. The van der Waals surface area contributed by atoms with Crippen molar-refractivity contribution in [3.05, 3.63) is 53.1 Å². The quantitative estimate of drug-likeness (QED) is 0.809. The molecule has 0 spiro atoms. The number of aromatic nitrogens is 2. The summed E-state index contributed by atoms with van der Waals surface area (Å²) >= 11 is 0. The van der Waals surface area contributed by atoms with E-state index >= 15 is 0 Å². The van der Waals surface area contributed by atoms with Crippen molar-refractivity contribution in [2.45, 2.75) is 26.4 Å². The maximum absolute atomic E-state index is 10.5. The van der Waals surface area contributed by atoms with Crippen molar-refractivity contribution in [2.24, 2.45) is 0 Å². The molecule has 0 bridgehead atoms. The molecule has 0 aliphatic rings. The third-order valence-electron chi connectivity index (χ3n) is 2.74. The molecule has 1 aromatic carbocycles. The highest BCUT2D eigenvalue weighted by molar-refractivity contribution is 5.35. The van der Waals surface area contributed by atoms with E-state index in [4.69, 9.17) is 0 Å². The smallest absolute Gasteiger partial charge is 0.144 e. The second-order valence-corrected chi connectivity index (χ2v) is 4.39. The van der Waals surface area contributed by atoms with Gasteiger partial charge in [0.1, 0.15) is 11.4 Å². The second kappa shape index (κ2) is 3.76. The van der Waals surface area contributed by atoms with Crippen LogP contribution in [-0.2, 0) is 5.60 Å². The van der Waals surface area contributed by atoms with Crippen LogP contribution < -0.4 is 0 Å². The molecule has 1 atom stereocenters. The van der Waals surface area contributed by atoms with Crippen LogP contribution in [-0.4, -0.2) is 15.1 Å². The van der Waals surface area contributed by atoms with E-state index in [0.29, 0.717) is 5.82 Å². The molecule has 16 heavy (non-hydrogen) atoms. The van der Waals surface area contributed by atoms with Crippen molar-refractivity contribution in [1.82, 2.24) is 9.97 Å². The Bertz CT molecular complexity index is 466. The largest absolute Gasteiger partial charge is 0.377 e. The SMILES string of the molecule is Cc1cc(C)cc(C(C)(O)c2ncc[nH]2)c1. The van der Waals surface area contributed by atoms with Crippen molar-refractivity contribution in [2.75, 3.05) is 0 Å². The van der Waals surface area contributed by atoms with Crippen molar-refractivity contribution >= 4 is 0 Å². The molecule has 0 saturated heterocycles. The monoisotopic (exact) mass is 216 g/mol. The molecule has 1 heterocycles. The number of nitrogens with zero attached hydrogens (tertiary/aromatic N) is 1. The number of H-pyrrole nitrogens is 1. The third kappa shape index (κ3) is 1.86. The second-order valence-electron chi connectivity index (χ2n) is 4.39. The van der Waals surface area contributed by atoms with Gasteiger partial charge < -0.3 is 10.1 Å². The van der Waals surface area contributed by atoms with Crippen LogP contribution >= 0.6 is 0 Å². The summed E-state index contributed by atoms with van der Waals surface area (Å²) in [6.45, 7) is 5.80. The molecule has 0 radical (unpaired) electrons. The van der Waals surface area contributed by atoms with E-state index in [2.05, 4.69) is 16.0 Å². The molecular formula is C13H16N2O.